The molecule has 0 spiro atoms. The Morgan fingerprint density at radius 2 is 2.11 bits per heavy atom. The highest BCUT2D eigenvalue weighted by molar-refractivity contribution is 5.91. The third-order valence-corrected chi connectivity index (χ3v) is 3.56. The van der Waals surface area contributed by atoms with E-state index in [2.05, 4.69) is 5.32 Å². The molecule has 0 saturated heterocycles. The van der Waals surface area contributed by atoms with Crippen LogP contribution in [0.25, 0.3) is 0 Å². The van der Waals surface area contributed by atoms with Crippen LogP contribution < -0.4 is 5.32 Å². The molecular formula is C15H19NO2. The Hall–Kier alpha value is -1.64. The number of carbonyl (C=O) groups excluding carboxylic acids is 2. The minimum atomic E-state index is 0.0462. The van der Waals surface area contributed by atoms with Gasteiger partial charge < -0.3 is 5.32 Å². The van der Waals surface area contributed by atoms with Gasteiger partial charge in [0.05, 0.1) is 0 Å². The van der Waals surface area contributed by atoms with E-state index in [-0.39, 0.29) is 5.91 Å². The van der Waals surface area contributed by atoms with Crippen molar-refractivity contribution in [3.05, 3.63) is 29.8 Å². The van der Waals surface area contributed by atoms with E-state index in [1.807, 2.05) is 0 Å². The third kappa shape index (κ3) is 3.69. The number of benzene rings is 1. The maximum Gasteiger partial charge on any atom is 0.224 e. The van der Waals surface area contributed by atoms with Gasteiger partial charge >= 0.3 is 0 Å². The molecule has 1 amide bonds. The van der Waals surface area contributed by atoms with Crippen molar-refractivity contribution in [2.45, 2.75) is 38.5 Å². The number of hydrogen-bond donors (Lipinski definition) is 1. The minimum Gasteiger partial charge on any atom is -0.326 e. The van der Waals surface area contributed by atoms with Gasteiger partial charge in [-0.15, -0.1) is 0 Å². The summed E-state index contributed by atoms with van der Waals surface area (Å²) in [7, 11) is 0. The van der Waals surface area contributed by atoms with Crippen molar-refractivity contribution >= 4 is 17.9 Å². The molecule has 1 aliphatic rings. The molecule has 0 aromatic heterocycles. The molecule has 0 atom stereocenters. The maximum atomic E-state index is 11.8. The topological polar surface area (TPSA) is 46.2 Å². The number of anilines is 1. The number of nitrogens with one attached hydrogen (secondary N) is 1. The van der Waals surface area contributed by atoms with Crippen LogP contribution in [0.15, 0.2) is 24.3 Å². The van der Waals surface area contributed by atoms with Crippen LogP contribution in [0, 0.1) is 5.92 Å². The van der Waals surface area contributed by atoms with E-state index in [0.717, 1.165) is 18.6 Å². The molecule has 96 valence electrons. The Morgan fingerprint density at radius 3 is 2.83 bits per heavy atom. The first-order chi connectivity index (χ1) is 8.78. The van der Waals surface area contributed by atoms with E-state index in [0.29, 0.717) is 17.7 Å². The molecule has 0 radical (unpaired) electrons. The van der Waals surface area contributed by atoms with Crippen LogP contribution >= 0.6 is 0 Å². The first-order valence-corrected chi connectivity index (χ1v) is 6.63. The van der Waals surface area contributed by atoms with Crippen LogP contribution in [0.2, 0.25) is 0 Å². The van der Waals surface area contributed by atoms with Crippen molar-refractivity contribution < 1.29 is 9.59 Å². The fraction of sp³-hybridized carbons (Fsp3) is 0.467. The van der Waals surface area contributed by atoms with Gasteiger partial charge in [0, 0.05) is 17.7 Å². The molecule has 3 heteroatoms. The molecule has 0 bridgehead atoms. The van der Waals surface area contributed by atoms with E-state index < -0.39 is 0 Å². The van der Waals surface area contributed by atoms with Crippen molar-refractivity contribution in [1.82, 2.24) is 0 Å². The number of hydrogen-bond acceptors (Lipinski definition) is 2. The van der Waals surface area contributed by atoms with Gasteiger partial charge in [0.15, 0.2) is 0 Å². The highest BCUT2D eigenvalue weighted by Crippen LogP contribution is 2.28. The maximum absolute atomic E-state index is 11.8. The van der Waals surface area contributed by atoms with Crippen molar-refractivity contribution in [3.63, 3.8) is 0 Å². The zero-order chi connectivity index (χ0) is 12.8. The predicted molar refractivity (Wildman–Crippen MR) is 71.7 cm³/mol. The molecule has 3 nitrogen and oxygen atoms in total. The lowest BCUT2D eigenvalue weighted by Crippen LogP contribution is -2.12. The predicted octanol–water partition coefficient (Wildman–Crippen LogP) is 3.41. The van der Waals surface area contributed by atoms with Gasteiger partial charge in [0.2, 0.25) is 5.91 Å². The fourth-order valence-corrected chi connectivity index (χ4v) is 2.55. The first kappa shape index (κ1) is 12.8. The lowest BCUT2D eigenvalue weighted by molar-refractivity contribution is -0.116. The fourth-order valence-electron chi connectivity index (χ4n) is 2.55. The normalized spacial score (nSPS) is 15.6. The summed E-state index contributed by atoms with van der Waals surface area (Å²) >= 11 is 0. The summed E-state index contributed by atoms with van der Waals surface area (Å²) in [6, 6.07) is 7.00. The van der Waals surface area contributed by atoms with Crippen LogP contribution in [0.3, 0.4) is 0 Å². The van der Waals surface area contributed by atoms with Gasteiger partial charge in [-0.1, -0.05) is 37.8 Å². The zero-order valence-electron chi connectivity index (χ0n) is 10.5. The molecule has 1 aliphatic carbocycles. The molecule has 1 saturated carbocycles. The summed E-state index contributed by atoms with van der Waals surface area (Å²) in [5.74, 6) is 0.780. The van der Waals surface area contributed by atoms with Crippen LogP contribution in [0.5, 0.6) is 0 Å². The smallest absolute Gasteiger partial charge is 0.224 e. The number of rotatable bonds is 5. The Bertz CT molecular complexity index is 422. The van der Waals surface area contributed by atoms with Crippen molar-refractivity contribution in [2.24, 2.45) is 5.92 Å². The van der Waals surface area contributed by atoms with Crippen LogP contribution in [-0.2, 0) is 4.79 Å². The van der Waals surface area contributed by atoms with Gasteiger partial charge in [-0.25, -0.2) is 0 Å². The zero-order valence-corrected chi connectivity index (χ0v) is 10.5. The van der Waals surface area contributed by atoms with Crippen molar-refractivity contribution in [3.8, 4) is 0 Å². The van der Waals surface area contributed by atoms with Gasteiger partial charge in [-0.3, -0.25) is 9.59 Å². The summed E-state index contributed by atoms with van der Waals surface area (Å²) < 4.78 is 0. The number of aldehydes is 1. The molecule has 18 heavy (non-hydrogen) atoms. The van der Waals surface area contributed by atoms with E-state index in [1.54, 1.807) is 24.3 Å². The van der Waals surface area contributed by atoms with E-state index in [4.69, 9.17) is 0 Å². The summed E-state index contributed by atoms with van der Waals surface area (Å²) in [5.41, 5.74) is 1.29. The lowest BCUT2D eigenvalue weighted by Gasteiger charge is -2.09. The van der Waals surface area contributed by atoms with Crippen molar-refractivity contribution in [1.29, 1.82) is 0 Å². The van der Waals surface area contributed by atoms with Crippen LogP contribution in [0.4, 0.5) is 5.69 Å². The molecule has 0 aliphatic heterocycles. The molecule has 0 heterocycles. The summed E-state index contributed by atoms with van der Waals surface area (Å²) in [6.07, 6.45) is 7.52. The SMILES string of the molecule is O=Cc1cccc(NC(=O)CCC2CCCC2)c1. The summed E-state index contributed by atoms with van der Waals surface area (Å²) in [4.78, 5) is 22.4. The van der Waals surface area contributed by atoms with E-state index in [9.17, 15) is 9.59 Å². The highest BCUT2D eigenvalue weighted by Gasteiger charge is 2.16. The van der Waals surface area contributed by atoms with E-state index in [1.165, 1.54) is 25.7 Å². The third-order valence-electron chi connectivity index (χ3n) is 3.56. The van der Waals surface area contributed by atoms with Gasteiger partial charge in [-0.2, -0.15) is 0 Å². The lowest BCUT2D eigenvalue weighted by atomic mass is 10.0. The van der Waals surface area contributed by atoms with Gasteiger partial charge in [0.25, 0.3) is 0 Å². The second-order valence-corrected chi connectivity index (χ2v) is 4.98. The largest absolute Gasteiger partial charge is 0.326 e. The number of amides is 1. The molecule has 1 fully saturated rings. The molecule has 1 N–H and O–H groups in total. The Morgan fingerprint density at radius 1 is 1.33 bits per heavy atom. The summed E-state index contributed by atoms with van der Waals surface area (Å²) in [6.45, 7) is 0. The monoisotopic (exact) mass is 245 g/mol. The Balaban J connectivity index is 1.80. The molecule has 1 aromatic carbocycles. The van der Waals surface area contributed by atoms with Gasteiger partial charge in [0.1, 0.15) is 6.29 Å². The Kier molecular flexibility index (Phi) is 4.51. The molecule has 2 rings (SSSR count). The number of carbonyl (C=O) groups is 2. The summed E-state index contributed by atoms with van der Waals surface area (Å²) in [5, 5.41) is 2.84. The second kappa shape index (κ2) is 6.34. The first-order valence-electron chi connectivity index (χ1n) is 6.63. The average Bonchev–Trinajstić information content (AvgIpc) is 2.90. The second-order valence-electron chi connectivity index (χ2n) is 4.98. The quantitative estimate of drug-likeness (QED) is 0.808. The molecule has 0 unspecified atom stereocenters. The molecule has 1 aromatic rings. The average molecular weight is 245 g/mol. The van der Waals surface area contributed by atoms with Crippen LogP contribution in [-0.4, -0.2) is 12.2 Å². The van der Waals surface area contributed by atoms with Gasteiger partial charge in [-0.05, 0) is 24.5 Å². The van der Waals surface area contributed by atoms with Crippen LogP contribution in [0.1, 0.15) is 48.9 Å². The highest BCUT2D eigenvalue weighted by atomic mass is 16.1. The standard InChI is InChI=1S/C15H19NO2/c17-11-13-6-3-7-14(10-13)16-15(18)9-8-12-4-1-2-5-12/h3,6-7,10-12H,1-2,4-5,8-9H2,(H,16,18). The molecular weight excluding hydrogens is 226 g/mol. The minimum absolute atomic E-state index is 0.0462. The van der Waals surface area contributed by atoms with E-state index >= 15 is 0 Å². The van der Waals surface area contributed by atoms with Crippen molar-refractivity contribution in [2.75, 3.05) is 5.32 Å². The Labute approximate surface area is 108 Å².